The molecule has 0 saturated heterocycles. The number of ether oxygens (including phenoxy) is 1. The number of urea groups is 1. The van der Waals surface area contributed by atoms with E-state index in [9.17, 15) is 9.59 Å². The predicted octanol–water partition coefficient (Wildman–Crippen LogP) is 3.37. The second-order valence-electron chi connectivity index (χ2n) is 6.16. The molecular weight excluding hydrogens is 352 g/mol. The molecule has 1 unspecified atom stereocenters. The molecule has 26 heavy (non-hydrogen) atoms. The van der Waals surface area contributed by atoms with E-state index in [-0.39, 0.29) is 24.0 Å². The number of esters is 1. The molecule has 0 spiro atoms. The number of nitrogens with zero attached hydrogens (tertiary/aromatic N) is 2. The van der Waals surface area contributed by atoms with Crippen LogP contribution in [0.4, 0.5) is 9.93 Å². The van der Waals surface area contributed by atoms with Gasteiger partial charge in [-0.2, -0.15) is 0 Å². The maximum absolute atomic E-state index is 12.3. The van der Waals surface area contributed by atoms with E-state index >= 15 is 0 Å². The maximum atomic E-state index is 12.3. The molecule has 0 bridgehead atoms. The smallest absolute Gasteiger partial charge is 0.321 e. The maximum Gasteiger partial charge on any atom is 0.321 e. The van der Waals surface area contributed by atoms with Crippen LogP contribution in [0.5, 0.6) is 0 Å². The van der Waals surface area contributed by atoms with Crippen molar-refractivity contribution in [3.8, 4) is 10.4 Å². The predicted molar refractivity (Wildman–Crippen MR) is 100.0 cm³/mol. The number of anilines is 1. The van der Waals surface area contributed by atoms with Crippen molar-refractivity contribution in [2.45, 2.75) is 39.2 Å². The van der Waals surface area contributed by atoms with Crippen molar-refractivity contribution < 1.29 is 14.3 Å². The van der Waals surface area contributed by atoms with Gasteiger partial charge >= 0.3 is 12.0 Å². The number of nitrogens with one attached hydrogen (secondary N) is 2. The van der Waals surface area contributed by atoms with Gasteiger partial charge in [-0.25, -0.2) is 9.78 Å². The minimum absolute atomic E-state index is 0.199. The molecule has 0 aromatic carbocycles. The quantitative estimate of drug-likeness (QED) is 0.783. The van der Waals surface area contributed by atoms with Gasteiger partial charge in [0.2, 0.25) is 0 Å². The van der Waals surface area contributed by atoms with Crippen LogP contribution in [0.3, 0.4) is 0 Å². The number of pyridine rings is 1. The van der Waals surface area contributed by atoms with E-state index in [1.165, 1.54) is 11.3 Å². The van der Waals surface area contributed by atoms with Gasteiger partial charge in [-0.3, -0.25) is 15.1 Å². The highest BCUT2D eigenvalue weighted by Gasteiger charge is 2.35. The first-order chi connectivity index (χ1) is 12.6. The Kier molecular flexibility index (Phi) is 5.82. The highest BCUT2D eigenvalue weighted by Crippen LogP contribution is 2.32. The number of aryl methyl sites for hydroxylation is 1. The van der Waals surface area contributed by atoms with Gasteiger partial charge < -0.3 is 10.1 Å². The zero-order valence-electron chi connectivity index (χ0n) is 14.8. The van der Waals surface area contributed by atoms with Crippen molar-refractivity contribution in [3.05, 3.63) is 30.2 Å². The molecule has 2 amide bonds. The Labute approximate surface area is 156 Å². The Morgan fingerprint density at radius 1 is 1.31 bits per heavy atom. The lowest BCUT2D eigenvalue weighted by atomic mass is 10.0. The molecule has 3 rings (SSSR count). The van der Waals surface area contributed by atoms with Crippen LogP contribution in [0.1, 0.15) is 31.9 Å². The molecule has 7 nitrogen and oxygen atoms in total. The summed E-state index contributed by atoms with van der Waals surface area (Å²) in [7, 11) is 0. The van der Waals surface area contributed by atoms with E-state index in [2.05, 4.69) is 20.6 Å². The van der Waals surface area contributed by atoms with E-state index in [1.807, 2.05) is 19.1 Å². The molecule has 1 saturated carbocycles. The van der Waals surface area contributed by atoms with Crippen molar-refractivity contribution in [2.24, 2.45) is 5.92 Å². The molecule has 1 fully saturated rings. The van der Waals surface area contributed by atoms with Gasteiger partial charge in [-0.15, -0.1) is 0 Å². The molecule has 0 radical (unpaired) electrons. The fourth-order valence-electron chi connectivity index (χ4n) is 3.19. The monoisotopic (exact) mass is 374 g/mol. The summed E-state index contributed by atoms with van der Waals surface area (Å²) in [5.41, 5.74) is 1.86. The second-order valence-corrected chi connectivity index (χ2v) is 7.16. The number of aromatic nitrogens is 2. The number of carbonyl (C=O) groups is 2. The molecule has 138 valence electrons. The number of amides is 2. The summed E-state index contributed by atoms with van der Waals surface area (Å²) in [6, 6.07) is 3.27. The molecule has 2 atom stereocenters. The molecule has 2 aromatic heterocycles. The third kappa shape index (κ3) is 4.19. The van der Waals surface area contributed by atoms with Crippen molar-refractivity contribution in [3.63, 3.8) is 0 Å². The molecular formula is C18H22N4O3S. The van der Waals surface area contributed by atoms with Gasteiger partial charge in [0.05, 0.1) is 23.1 Å². The Hall–Kier alpha value is -2.48. The number of thiazole rings is 1. The first kappa shape index (κ1) is 18.3. The Bertz CT molecular complexity index is 778. The molecule has 2 aromatic rings. The van der Waals surface area contributed by atoms with E-state index in [4.69, 9.17) is 4.74 Å². The summed E-state index contributed by atoms with van der Waals surface area (Å²) in [6.45, 7) is 4.04. The lowest BCUT2D eigenvalue weighted by Gasteiger charge is -2.19. The molecule has 0 aliphatic heterocycles. The highest BCUT2D eigenvalue weighted by molar-refractivity contribution is 7.19. The minimum Gasteiger partial charge on any atom is -0.466 e. The number of rotatable bonds is 5. The summed E-state index contributed by atoms with van der Waals surface area (Å²) in [6.07, 6.45) is 5.87. The largest absolute Gasteiger partial charge is 0.466 e. The third-order valence-electron chi connectivity index (χ3n) is 4.38. The van der Waals surface area contributed by atoms with Gasteiger partial charge in [-0.1, -0.05) is 17.8 Å². The normalized spacial score (nSPS) is 19.2. The van der Waals surface area contributed by atoms with Gasteiger partial charge in [0.25, 0.3) is 0 Å². The van der Waals surface area contributed by atoms with Gasteiger partial charge in [0.15, 0.2) is 5.13 Å². The second kappa shape index (κ2) is 8.27. The standard InChI is InChI=1S/C18H22N4O3S/c1-3-25-16(23)13-5-4-6-14(13)21-17(24)22-18-20-11(2)15(26-18)12-7-9-19-10-8-12/h7-10,13-14H,3-6H2,1-2H3,(H2,20,21,22,24)/t13-,14?/m0/s1. The number of hydrogen-bond donors (Lipinski definition) is 2. The Morgan fingerprint density at radius 3 is 2.81 bits per heavy atom. The van der Waals surface area contributed by atoms with Crippen LogP contribution < -0.4 is 10.6 Å². The van der Waals surface area contributed by atoms with Crippen LogP contribution >= 0.6 is 11.3 Å². The van der Waals surface area contributed by atoms with Crippen molar-refractivity contribution in [1.82, 2.24) is 15.3 Å². The summed E-state index contributed by atoms with van der Waals surface area (Å²) in [5, 5.41) is 6.20. The Morgan fingerprint density at radius 2 is 2.08 bits per heavy atom. The fraction of sp³-hybridized carbons (Fsp3) is 0.444. The first-order valence-corrected chi connectivity index (χ1v) is 9.52. The zero-order chi connectivity index (χ0) is 18.5. The molecule has 1 aliphatic carbocycles. The average Bonchev–Trinajstić information content (AvgIpc) is 3.22. The third-order valence-corrected chi connectivity index (χ3v) is 5.50. The molecule has 8 heteroatoms. The fourth-order valence-corrected chi connectivity index (χ4v) is 4.15. The minimum atomic E-state index is -0.346. The van der Waals surface area contributed by atoms with Crippen LogP contribution in [-0.2, 0) is 9.53 Å². The summed E-state index contributed by atoms with van der Waals surface area (Å²) >= 11 is 1.41. The van der Waals surface area contributed by atoms with Crippen LogP contribution in [0.25, 0.3) is 10.4 Å². The number of carbonyl (C=O) groups excluding carboxylic acids is 2. The van der Waals surface area contributed by atoms with E-state index in [0.717, 1.165) is 35.4 Å². The molecule has 2 N–H and O–H groups in total. The van der Waals surface area contributed by atoms with Crippen LogP contribution in [-0.4, -0.2) is 34.6 Å². The van der Waals surface area contributed by atoms with Gasteiger partial charge in [0.1, 0.15) is 0 Å². The first-order valence-electron chi connectivity index (χ1n) is 8.70. The van der Waals surface area contributed by atoms with Crippen LogP contribution in [0, 0.1) is 12.8 Å². The zero-order valence-corrected chi connectivity index (χ0v) is 15.6. The number of hydrogen-bond acceptors (Lipinski definition) is 6. The van der Waals surface area contributed by atoms with E-state index in [1.54, 1.807) is 19.3 Å². The van der Waals surface area contributed by atoms with Gasteiger partial charge in [-0.05, 0) is 44.4 Å². The highest BCUT2D eigenvalue weighted by atomic mass is 32.1. The summed E-state index contributed by atoms with van der Waals surface area (Å²) in [4.78, 5) is 33.8. The topological polar surface area (TPSA) is 93.2 Å². The van der Waals surface area contributed by atoms with Crippen LogP contribution in [0.2, 0.25) is 0 Å². The van der Waals surface area contributed by atoms with Crippen molar-refractivity contribution in [1.29, 1.82) is 0 Å². The van der Waals surface area contributed by atoms with Crippen LogP contribution in [0.15, 0.2) is 24.5 Å². The van der Waals surface area contributed by atoms with Crippen molar-refractivity contribution in [2.75, 3.05) is 11.9 Å². The Balaban J connectivity index is 1.63. The average molecular weight is 374 g/mol. The summed E-state index contributed by atoms with van der Waals surface area (Å²) in [5.74, 6) is -0.508. The lowest BCUT2D eigenvalue weighted by molar-refractivity contribution is -0.148. The SMILES string of the molecule is CCOC(=O)[C@H]1CCCC1NC(=O)Nc1nc(C)c(-c2ccncc2)s1. The molecule has 1 aliphatic rings. The van der Waals surface area contributed by atoms with Crippen molar-refractivity contribution >= 4 is 28.5 Å². The lowest BCUT2D eigenvalue weighted by Crippen LogP contribution is -2.42. The van der Waals surface area contributed by atoms with E-state index in [0.29, 0.717) is 11.7 Å². The summed E-state index contributed by atoms with van der Waals surface area (Å²) < 4.78 is 5.10. The van der Waals surface area contributed by atoms with Gasteiger partial charge in [0, 0.05) is 18.4 Å². The van der Waals surface area contributed by atoms with E-state index < -0.39 is 0 Å². The molecule has 2 heterocycles.